The molecule has 1 aromatic carbocycles. The normalized spacial score (nSPS) is 28.6. The van der Waals surface area contributed by atoms with Gasteiger partial charge in [-0.1, -0.05) is 12.1 Å². The monoisotopic (exact) mass is 345 g/mol. The van der Waals surface area contributed by atoms with Crippen molar-refractivity contribution < 1.29 is 14.2 Å². The van der Waals surface area contributed by atoms with Crippen LogP contribution >= 0.6 is 0 Å². The highest BCUT2D eigenvalue weighted by molar-refractivity contribution is 5.80. The lowest BCUT2D eigenvalue weighted by Crippen LogP contribution is -2.42. The third-order valence-electron chi connectivity index (χ3n) is 5.27. The molecule has 3 heterocycles. The summed E-state index contributed by atoms with van der Waals surface area (Å²) in [5.74, 6) is 2.60. The second kappa shape index (κ2) is 7.12. The van der Waals surface area contributed by atoms with Crippen LogP contribution in [0.15, 0.2) is 29.3 Å². The minimum absolute atomic E-state index is 0.0464. The fraction of sp³-hybridized carbons (Fsp3) is 0.632. The fourth-order valence-electron chi connectivity index (χ4n) is 3.85. The van der Waals surface area contributed by atoms with Crippen LogP contribution in [0.4, 0.5) is 0 Å². The molecule has 1 spiro atoms. The Labute approximate surface area is 149 Å². The number of ether oxygens (including phenoxy) is 3. The highest BCUT2D eigenvalue weighted by Gasteiger charge is 2.42. The van der Waals surface area contributed by atoms with Crippen LogP contribution in [0.2, 0.25) is 0 Å². The molecule has 2 atom stereocenters. The van der Waals surface area contributed by atoms with E-state index in [2.05, 4.69) is 17.1 Å². The van der Waals surface area contributed by atoms with E-state index in [0.29, 0.717) is 18.6 Å². The lowest BCUT2D eigenvalue weighted by Gasteiger charge is -2.27. The third-order valence-corrected chi connectivity index (χ3v) is 5.27. The van der Waals surface area contributed by atoms with Gasteiger partial charge in [0.05, 0.1) is 13.2 Å². The van der Waals surface area contributed by atoms with E-state index in [0.717, 1.165) is 50.3 Å². The molecule has 1 aromatic rings. The summed E-state index contributed by atoms with van der Waals surface area (Å²) < 4.78 is 17.4. The van der Waals surface area contributed by atoms with Crippen LogP contribution in [0.25, 0.3) is 0 Å². The molecule has 0 aliphatic carbocycles. The Morgan fingerprint density at radius 2 is 2.20 bits per heavy atom. The van der Waals surface area contributed by atoms with Gasteiger partial charge in [0.25, 0.3) is 0 Å². The molecule has 6 nitrogen and oxygen atoms in total. The zero-order valence-corrected chi connectivity index (χ0v) is 14.9. The van der Waals surface area contributed by atoms with Gasteiger partial charge in [-0.05, 0) is 31.9 Å². The van der Waals surface area contributed by atoms with Crippen LogP contribution in [0.5, 0.6) is 11.5 Å². The van der Waals surface area contributed by atoms with Crippen LogP contribution < -0.4 is 14.8 Å². The summed E-state index contributed by atoms with van der Waals surface area (Å²) in [6.07, 6.45) is 2.31. The Hall–Kier alpha value is -1.95. The molecule has 3 aliphatic heterocycles. The van der Waals surface area contributed by atoms with E-state index in [9.17, 15) is 0 Å². The number of nitrogens with one attached hydrogen (secondary N) is 1. The first-order valence-corrected chi connectivity index (χ1v) is 9.27. The van der Waals surface area contributed by atoms with Crippen molar-refractivity contribution in [3.05, 3.63) is 24.3 Å². The SMILES string of the molecule is CCNC(=NCC1COc2ccccc2O1)N1CCC2(CCOC2)C1. The molecule has 6 heteroatoms. The summed E-state index contributed by atoms with van der Waals surface area (Å²) in [7, 11) is 0. The van der Waals surface area contributed by atoms with Crippen molar-refractivity contribution in [3.63, 3.8) is 0 Å². The van der Waals surface area contributed by atoms with Crippen LogP contribution in [0, 0.1) is 5.41 Å². The van der Waals surface area contributed by atoms with Crippen molar-refractivity contribution in [3.8, 4) is 11.5 Å². The number of aliphatic imine (C=N–C) groups is 1. The van der Waals surface area contributed by atoms with Crippen LogP contribution in [-0.4, -0.2) is 63.0 Å². The molecule has 136 valence electrons. The number of guanidine groups is 1. The van der Waals surface area contributed by atoms with E-state index < -0.39 is 0 Å². The standard InChI is InChI=1S/C19H27N3O3/c1-2-20-18(22-9-7-19(13-22)8-10-23-14-19)21-11-15-12-24-16-5-3-4-6-17(16)25-15/h3-6,15H,2,7-14H2,1H3,(H,20,21). The predicted molar refractivity (Wildman–Crippen MR) is 96.4 cm³/mol. The van der Waals surface area contributed by atoms with Crippen LogP contribution in [0.1, 0.15) is 19.8 Å². The molecule has 1 N–H and O–H groups in total. The Morgan fingerprint density at radius 1 is 1.32 bits per heavy atom. The highest BCUT2D eigenvalue weighted by atomic mass is 16.6. The van der Waals surface area contributed by atoms with Crippen molar-refractivity contribution in [2.75, 3.05) is 46.0 Å². The van der Waals surface area contributed by atoms with E-state index in [1.165, 1.54) is 12.8 Å². The quantitative estimate of drug-likeness (QED) is 0.670. The number of fused-ring (bicyclic) bond motifs is 1. The lowest BCUT2D eigenvalue weighted by molar-refractivity contribution is 0.0969. The van der Waals surface area contributed by atoms with Gasteiger partial charge in [-0.2, -0.15) is 0 Å². The van der Waals surface area contributed by atoms with Crippen molar-refractivity contribution in [1.29, 1.82) is 0 Å². The summed E-state index contributed by atoms with van der Waals surface area (Å²) >= 11 is 0. The molecule has 2 unspecified atom stereocenters. The number of rotatable bonds is 3. The van der Waals surface area contributed by atoms with Crippen molar-refractivity contribution in [1.82, 2.24) is 10.2 Å². The van der Waals surface area contributed by atoms with Gasteiger partial charge in [0.15, 0.2) is 23.6 Å². The van der Waals surface area contributed by atoms with Gasteiger partial charge >= 0.3 is 0 Å². The van der Waals surface area contributed by atoms with Gasteiger partial charge in [-0.3, -0.25) is 0 Å². The Kier molecular flexibility index (Phi) is 4.70. The Bertz CT molecular complexity index is 628. The van der Waals surface area contributed by atoms with Gasteiger partial charge in [0.1, 0.15) is 6.61 Å². The number of para-hydroxylation sites is 2. The molecule has 0 bridgehead atoms. The molecule has 3 aliphatic rings. The molecule has 0 aromatic heterocycles. The maximum atomic E-state index is 6.02. The van der Waals surface area contributed by atoms with E-state index in [1.54, 1.807) is 0 Å². The molecule has 4 rings (SSSR count). The van der Waals surface area contributed by atoms with Crippen molar-refractivity contribution >= 4 is 5.96 Å². The van der Waals surface area contributed by atoms with Crippen LogP contribution in [-0.2, 0) is 4.74 Å². The first-order valence-electron chi connectivity index (χ1n) is 9.27. The number of nitrogens with zero attached hydrogens (tertiary/aromatic N) is 2. The largest absolute Gasteiger partial charge is 0.486 e. The first kappa shape index (κ1) is 16.5. The van der Waals surface area contributed by atoms with Gasteiger partial charge in [0, 0.05) is 31.7 Å². The van der Waals surface area contributed by atoms with Gasteiger partial charge in [0.2, 0.25) is 0 Å². The van der Waals surface area contributed by atoms with Gasteiger partial charge in [-0.25, -0.2) is 4.99 Å². The third kappa shape index (κ3) is 3.54. The van der Waals surface area contributed by atoms with E-state index in [1.807, 2.05) is 24.3 Å². The summed E-state index contributed by atoms with van der Waals surface area (Å²) in [6.45, 7) is 7.96. The summed E-state index contributed by atoms with van der Waals surface area (Å²) in [4.78, 5) is 7.20. The number of hydrogen-bond donors (Lipinski definition) is 1. The summed E-state index contributed by atoms with van der Waals surface area (Å²) in [6, 6.07) is 7.80. The number of hydrogen-bond acceptors (Lipinski definition) is 4. The van der Waals surface area contributed by atoms with E-state index in [4.69, 9.17) is 19.2 Å². The average molecular weight is 345 g/mol. The Balaban J connectivity index is 1.39. The molecule has 2 fully saturated rings. The summed E-state index contributed by atoms with van der Waals surface area (Å²) in [5.41, 5.74) is 0.333. The van der Waals surface area contributed by atoms with E-state index in [-0.39, 0.29) is 6.10 Å². The molecule has 25 heavy (non-hydrogen) atoms. The highest BCUT2D eigenvalue weighted by Crippen LogP contribution is 2.38. The maximum Gasteiger partial charge on any atom is 0.194 e. The van der Waals surface area contributed by atoms with Gasteiger partial charge in [-0.15, -0.1) is 0 Å². The Morgan fingerprint density at radius 3 is 3.00 bits per heavy atom. The second-order valence-electron chi connectivity index (χ2n) is 7.17. The zero-order valence-electron chi connectivity index (χ0n) is 14.9. The molecule has 2 saturated heterocycles. The minimum Gasteiger partial charge on any atom is -0.486 e. The second-order valence-corrected chi connectivity index (χ2v) is 7.17. The lowest BCUT2D eigenvalue weighted by atomic mass is 9.87. The van der Waals surface area contributed by atoms with Crippen LogP contribution in [0.3, 0.4) is 0 Å². The predicted octanol–water partition coefficient (Wildman–Crippen LogP) is 1.90. The fourth-order valence-corrected chi connectivity index (χ4v) is 3.85. The average Bonchev–Trinajstić information content (AvgIpc) is 3.28. The maximum absolute atomic E-state index is 6.02. The smallest absolute Gasteiger partial charge is 0.194 e. The molecule has 0 radical (unpaired) electrons. The molecule has 0 saturated carbocycles. The topological polar surface area (TPSA) is 55.3 Å². The molecule has 0 amide bonds. The summed E-state index contributed by atoms with van der Waals surface area (Å²) in [5, 5.41) is 3.43. The van der Waals surface area contributed by atoms with Crippen molar-refractivity contribution in [2.45, 2.75) is 25.9 Å². The zero-order chi connectivity index (χ0) is 17.1. The van der Waals surface area contributed by atoms with Crippen molar-refractivity contribution in [2.24, 2.45) is 10.4 Å². The minimum atomic E-state index is -0.0464. The number of benzene rings is 1. The van der Waals surface area contributed by atoms with E-state index >= 15 is 0 Å². The first-order chi connectivity index (χ1) is 12.3. The molecular weight excluding hydrogens is 318 g/mol. The number of likely N-dealkylation sites (tertiary alicyclic amines) is 1. The van der Waals surface area contributed by atoms with Gasteiger partial charge < -0.3 is 24.4 Å². The molecular formula is C19H27N3O3.